The van der Waals surface area contributed by atoms with Crippen molar-refractivity contribution in [1.82, 2.24) is 0 Å². The Morgan fingerprint density at radius 1 is 1.28 bits per heavy atom. The summed E-state index contributed by atoms with van der Waals surface area (Å²) in [5.41, 5.74) is 3.47. The summed E-state index contributed by atoms with van der Waals surface area (Å²) in [6, 6.07) is 0. The van der Waals surface area contributed by atoms with Crippen LogP contribution in [-0.2, 0) is 4.79 Å². The van der Waals surface area contributed by atoms with Crippen LogP contribution in [0.15, 0.2) is 36.0 Å². The van der Waals surface area contributed by atoms with Crippen LogP contribution in [0.3, 0.4) is 0 Å². The fourth-order valence-electron chi connectivity index (χ4n) is 7.65. The van der Waals surface area contributed by atoms with Crippen molar-refractivity contribution in [3.05, 3.63) is 36.0 Å². The van der Waals surface area contributed by atoms with E-state index in [2.05, 4.69) is 40.3 Å². The quantitative estimate of drug-likeness (QED) is 0.554. The van der Waals surface area contributed by atoms with Gasteiger partial charge in [0.2, 0.25) is 0 Å². The van der Waals surface area contributed by atoms with E-state index in [9.17, 15) is 4.79 Å². The largest absolute Gasteiger partial charge is 0.290 e. The van der Waals surface area contributed by atoms with Crippen molar-refractivity contribution in [2.45, 2.75) is 66.2 Å². The Kier molecular flexibility index (Phi) is 3.94. The number of carbonyl (C=O) groups excluding carboxylic acids is 1. The third-order valence-electron chi connectivity index (χ3n) is 8.79. The Morgan fingerprint density at radius 3 is 2.76 bits per heavy atom. The Bertz CT molecular complexity index is 668. The van der Waals surface area contributed by atoms with Gasteiger partial charge in [-0.15, -0.1) is 0 Å². The van der Waals surface area contributed by atoms with E-state index in [-0.39, 0.29) is 11.2 Å². The summed E-state index contributed by atoms with van der Waals surface area (Å²) in [5, 5.41) is 0. The Labute approximate surface area is 153 Å². The van der Waals surface area contributed by atoms with Gasteiger partial charge in [-0.25, -0.2) is 0 Å². The van der Waals surface area contributed by atoms with Crippen LogP contribution in [0.4, 0.5) is 0 Å². The topological polar surface area (TPSA) is 17.1 Å². The van der Waals surface area contributed by atoms with Crippen LogP contribution >= 0.6 is 0 Å². The molecule has 0 saturated heterocycles. The molecule has 4 rings (SSSR count). The number of carbonyl (C=O) groups is 1. The lowest BCUT2D eigenvalue weighted by atomic mass is 9.47. The maximum Gasteiger partial charge on any atom is 0.178 e. The highest BCUT2D eigenvalue weighted by molar-refractivity contribution is 6.01. The SMILES string of the molecule is C=C(CC)C1[C@H](C)CC2C3CCC4=CC(=O)C=CC4(C)C3CCC21C. The molecule has 0 aromatic rings. The standard InChI is InChI=1S/C24H34O/c1-6-15(2)22-16(3)13-21-19-8-7-17-14-18(25)9-11-23(17,4)20(19)10-12-24(21,22)5/h9,11,14,16,19-22H,2,6-8,10,12-13H2,1,3-5H3/t16-,19?,20?,21?,22?,23?,24?/m1/s1. The predicted molar refractivity (Wildman–Crippen MR) is 104 cm³/mol. The molecular weight excluding hydrogens is 304 g/mol. The zero-order valence-corrected chi connectivity index (χ0v) is 16.5. The Hall–Kier alpha value is -1.11. The van der Waals surface area contributed by atoms with E-state index >= 15 is 0 Å². The number of hydrogen-bond acceptors (Lipinski definition) is 1. The third-order valence-corrected chi connectivity index (χ3v) is 8.79. The first kappa shape index (κ1) is 17.3. The van der Waals surface area contributed by atoms with Crippen molar-refractivity contribution >= 4 is 5.78 Å². The van der Waals surface area contributed by atoms with Gasteiger partial charge in [-0.2, -0.15) is 0 Å². The molecule has 0 aliphatic heterocycles. The first-order valence-electron chi connectivity index (χ1n) is 10.4. The summed E-state index contributed by atoms with van der Waals surface area (Å²) in [7, 11) is 0. The van der Waals surface area contributed by atoms with Crippen LogP contribution in [0, 0.1) is 40.4 Å². The molecular formula is C24H34O. The highest BCUT2D eigenvalue weighted by Gasteiger charge is 2.60. The zero-order chi connectivity index (χ0) is 18.0. The van der Waals surface area contributed by atoms with Crippen LogP contribution in [-0.4, -0.2) is 5.78 Å². The molecule has 6 unspecified atom stereocenters. The van der Waals surface area contributed by atoms with Crippen molar-refractivity contribution in [1.29, 1.82) is 0 Å². The molecule has 136 valence electrons. The number of fused-ring (bicyclic) bond motifs is 5. The molecule has 4 aliphatic rings. The molecule has 0 bridgehead atoms. The minimum Gasteiger partial charge on any atom is -0.290 e. The van der Waals surface area contributed by atoms with Crippen LogP contribution in [0.5, 0.6) is 0 Å². The molecule has 1 nitrogen and oxygen atoms in total. The van der Waals surface area contributed by atoms with Gasteiger partial charge in [-0.3, -0.25) is 4.79 Å². The van der Waals surface area contributed by atoms with Gasteiger partial charge in [0.25, 0.3) is 0 Å². The summed E-state index contributed by atoms with van der Waals surface area (Å²) < 4.78 is 0. The van der Waals surface area contributed by atoms with Crippen molar-refractivity contribution in [2.24, 2.45) is 40.4 Å². The van der Waals surface area contributed by atoms with Crippen molar-refractivity contribution < 1.29 is 4.79 Å². The van der Waals surface area contributed by atoms with E-state index in [1.54, 1.807) is 0 Å². The molecule has 0 aromatic heterocycles. The van der Waals surface area contributed by atoms with Crippen molar-refractivity contribution in [2.75, 3.05) is 0 Å². The van der Waals surface area contributed by atoms with Gasteiger partial charge in [-0.1, -0.05) is 51.5 Å². The monoisotopic (exact) mass is 338 g/mol. The molecule has 3 fully saturated rings. The van der Waals surface area contributed by atoms with Gasteiger partial charge in [-0.05, 0) is 85.7 Å². The van der Waals surface area contributed by atoms with Gasteiger partial charge < -0.3 is 0 Å². The molecule has 4 aliphatic carbocycles. The fraction of sp³-hybridized carbons (Fsp3) is 0.708. The van der Waals surface area contributed by atoms with E-state index < -0.39 is 0 Å². The highest BCUT2D eigenvalue weighted by atomic mass is 16.1. The molecule has 0 aromatic carbocycles. The van der Waals surface area contributed by atoms with Gasteiger partial charge in [0, 0.05) is 5.41 Å². The summed E-state index contributed by atoms with van der Waals surface area (Å²) >= 11 is 0. The molecule has 0 amide bonds. The summed E-state index contributed by atoms with van der Waals surface area (Å²) in [5.74, 6) is 4.04. The smallest absolute Gasteiger partial charge is 0.178 e. The van der Waals surface area contributed by atoms with E-state index in [1.807, 2.05) is 12.2 Å². The van der Waals surface area contributed by atoms with Crippen molar-refractivity contribution in [3.8, 4) is 0 Å². The Morgan fingerprint density at radius 2 is 2.04 bits per heavy atom. The van der Waals surface area contributed by atoms with Gasteiger partial charge in [0.05, 0.1) is 0 Å². The second-order valence-corrected chi connectivity index (χ2v) is 9.85. The predicted octanol–water partition coefficient (Wildman–Crippen LogP) is 6.12. The first-order valence-corrected chi connectivity index (χ1v) is 10.4. The molecule has 25 heavy (non-hydrogen) atoms. The first-order chi connectivity index (χ1) is 11.8. The molecule has 0 spiro atoms. The van der Waals surface area contributed by atoms with E-state index in [0.29, 0.717) is 11.3 Å². The van der Waals surface area contributed by atoms with E-state index in [1.165, 1.54) is 36.8 Å². The molecule has 0 heterocycles. The lowest BCUT2D eigenvalue weighted by molar-refractivity contribution is -0.111. The lowest BCUT2D eigenvalue weighted by Crippen LogP contribution is -2.49. The molecule has 0 N–H and O–H groups in total. The van der Waals surface area contributed by atoms with E-state index in [4.69, 9.17) is 0 Å². The summed E-state index contributed by atoms with van der Waals surface area (Å²) in [6.45, 7) is 14.2. The number of ketones is 1. The second kappa shape index (κ2) is 5.69. The molecule has 0 radical (unpaired) electrons. The van der Waals surface area contributed by atoms with Gasteiger partial charge >= 0.3 is 0 Å². The zero-order valence-electron chi connectivity index (χ0n) is 16.5. The van der Waals surface area contributed by atoms with Crippen LogP contribution in [0.25, 0.3) is 0 Å². The number of rotatable bonds is 2. The minimum atomic E-state index is 0.126. The van der Waals surface area contributed by atoms with Crippen LogP contribution < -0.4 is 0 Å². The molecule has 1 heteroatoms. The minimum absolute atomic E-state index is 0.126. The second-order valence-electron chi connectivity index (χ2n) is 9.85. The normalized spacial score (nSPS) is 48.4. The lowest BCUT2D eigenvalue weighted by Gasteiger charge is -2.57. The number of allylic oxidation sites excluding steroid dienone is 5. The number of hydrogen-bond donors (Lipinski definition) is 0. The Balaban J connectivity index is 1.68. The van der Waals surface area contributed by atoms with Crippen LogP contribution in [0.1, 0.15) is 66.2 Å². The molecule has 3 saturated carbocycles. The highest BCUT2D eigenvalue weighted by Crippen LogP contribution is 2.68. The average molecular weight is 339 g/mol. The summed E-state index contributed by atoms with van der Waals surface area (Å²) in [6.07, 6.45) is 13.6. The summed E-state index contributed by atoms with van der Waals surface area (Å²) in [4.78, 5) is 11.9. The fourth-order valence-corrected chi connectivity index (χ4v) is 7.65. The van der Waals surface area contributed by atoms with Crippen molar-refractivity contribution in [3.63, 3.8) is 0 Å². The van der Waals surface area contributed by atoms with Gasteiger partial charge in [0.1, 0.15) is 0 Å². The maximum absolute atomic E-state index is 11.9. The van der Waals surface area contributed by atoms with Crippen LogP contribution in [0.2, 0.25) is 0 Å². The third kappa shape index (κ3) is 2.30. The van der Waals surface area contributed by atoms with E-state index in [0.717, 1.165) is 36.5 Å². The van der Waals surface area contributed by atoms with Gasteiger partial charge in [0.15, 0.2) is 5.78 Å². The average Bonchev–Trinajstić information content (AvgIpc) is 2.85. The molecule has 7 atom stereocenters. The maximum atomic E-state index is 11.9.